The van der Waals surface area contributed by atoms with Crippen molar-refractivity contribution < 1.29 is 19.8 Å². The van der Waals surface area contributed by atoms with Gasteiger partial charge in [-0.25, -0.2) is 0 Å². The molecule has 1 aromatic heterocycles. The number of ketones is 2. The lowest BCUT2D eigenvalue weighted by Crippen LogP contribution is -2.21. The first kappa shape index (κ1) is 15.1. The Morgan fingerprint density at radius 1 is 0.840 bits per heavy atom. The summed E-state index contributed by atoms with van der Waals surface area (Å²) in [5.74, 6) is -1.54. The molecule has 0 atom stereocenters. The van der Waals surface area contributed by atoms with Gasteiger partial charge in [0.05, 0.1) is 11.1 Å². The minimum Gasteiger partial charge on any atom is -0.507 e. The highest BCUT2D eigenvalue weighted by Gasteiger charge is 2.35. The number of aromatic nitrogens is 1. The van der Waals surface area contributed by atoms with Crippen LogP contribution in [0.5, 0.6) is 11.5 Å². The molecule has 0 saturated heterocycles. The van der Waals surface area contributed by atoms with Gasteiger partial charge in [-0.1, -0.05) is 30.3 Å². The first-order valence-corrected chi connectivity index (χ1v) is 7.74. The fraction of sp³-hybridized carbons (Fsp3) is 0.0500. The molecule has 1 aliphatic rings. The number of nitrogens with zero attached hydrogens (tertiary/aromatic N) is 1. The van der Waals surface area contributed by atoms with E-state index in [9.17, 15) is 19.8 Å². The maximum atomic E-state index is 12.8. The Hall–Kier alpha value is -3.47. The highest BCUT2D eigenvalue weighted by molar-refractivity contribution is 6.30. The highest BCUT2D eigenvalue weighted by Crippen LogP contribution is 2.40. The quantitative estimate of drug-likeness (QED) is 0.552. The molecular weight excluding hydrogens is 318 g/mol. The Kier molecular flexibility index (Phi) is 3.35. The third kappa shape index (κ3) is 2.29. The molecule has 0 aliphatic heterocycles. The number of pyridine rings is 1. The molecule has 0 unspecified atom stereocenters. The molecule has 0 bridgehead atoms. The minimum absolute atomic E-state index is 0.144. The van der Waals surface area contributed by atoms with Crippen LogP contribution in [0.15, 0.2) is 54.7 Å². The molecule has 5 nitrogen and oxygen atoms in total. The van der Waals surface area contributed by atoms with Crippen LogP contribution in [-0.2, 0) is 6.42 Å². The molecule has 1 aliphatic carbocycles. The second-order valence-electron chi connectivity index (χ2n) is 5.86. The number of rotatable bonds is 2. The van der Waals surface area contributed by atoms with Crippen LogP contribution in [0.25, 0.3) is 0 Å². The average molecular weight is 331 g/mol. The van der Waals surface area contributed by atoms with E-state index in [4.69, 9.17) is 0 Å². The predicted molar refractivity (Wildman–Crippen MR) is 90.1 cm³/mol. The molecule has 0 amide bonds. The zero-order valence-corrected chi connectivity index (χ0v) is 13.1. The summed E-state index contributed by atoms with van der Waals surface area (Å²) in [7, 11) is 0. The first-order chi connectivity index (χ1) is 12.1. The number of phenols is 2. The van der Waals surface area contributed by atoms with Crippen molar-refractivity contribution >= 4 is 11.6 Å². The van der Waals surface area contributed by atoms with Gasteiger partial charge in [0.25, 0.3) is 0 Å². The number of hydrogen-bond acceptors (Lipinski definition) is 5. The van der Waals surface area contributed by atoms with Crippen molar-refractivity contribution in [2.75, 3.05) is 0 Å². The normalized spacial score (nSPS) is 12.6. The smallest absolute Gasteiger partial charge is 0.198 e. The molecule has 25 heavy (non-hydrogen) atoms. The zero-order chi connectivity index (χ0) is 17.6. The largest absolute Gasteiger partial charge is 0.507 e. The van der Waals surface area contributed by atoms with E-state index in [1.54, 1.807) is 36.5 Å². The van der Waals surface area contributed by atoms with Crippen LogP contribution in [-0.4, -0.2) is 26.8 Å². The SMILES string of the molecule is O=C1c2ccccc2C(=O)c2c(O)c(Cc3ccccn3)cc(O)c21. The molecule has 4 rings (SSSR count). The van der Waals surface area contributed by atoms with Gasteiger partial charge in [-0.05, 0) is 18.2 Å². The second-order valence-corrected chi connectivity index (χ2v) is 5.86. The molecule has 0 spiro atoms. The van der Waals surface area contributed by atoms with E-state index in [1.807, 2.05) is 6.07 Å². The van der Waals surface area contributed by atoms with E-state index >= 15 is 0 Å². The molecule has 3 aromatic rings. The summed E-state index contributed by atoms with van der Waals surface area (Å²) < 4.78 is 0. The zero-order valence-electron chi connectivity index (χ0n) is 13.1. The highest BCUT2D eigenvalue weighted by atomic mass is 16.3. The summed E-state index contributed by atoms with van der Waals surface area (Å²) in [5.41, 5.74) is 1.18. The molecule has 122 valence electrons. The van der Waals surface area contributed by atoms with Gasteiger partial charge in [-0.3, -0.25) is 14.6 Å². The van der Waals surface area contributed by atoms with E-state index in [0.717, 1.165) is 0 Å². The summed E-state index contributed by atoms with van der Waals surface area (Å²) >= 11 is 0. The van der Waals surface area contributed by atoms with Gasteiger partial charge in [0.15, 0.2) is 11.6 Å². The molecular formula is C20H13NO4. The maximum Gasteiger partial charge on any atom is 0.198 e. The summed E-state index contributed by atoms with van der Waals surface area (Å²) in [6.45, 7) is 0. The fourth-order valence-corrected chi connectivity index (χ4v) is 3.14. The molecule has 2 aromatic carbocycles. The number of aromatic hydroxyl groups is 2. The number of hydrogen-bond donors (Lipinski definition) is 2. The number of benzene rings is 2. The van der Waals surface area contributed by atoms with Gasteiger partial charge in [-0.2, -0.15) is 0 Å². The molecule has 0 fully saturated rings. The van der Waals surface area contributed by atoms with Crippen molar-refractivity contribution in [3.63, 3.8) is 0 Å². The van der Waals surface area contributed by atoms with E-state index in [-0.39, 0.29) is 40.2 Å². The average Bonchev–Trinajstić information content (AvgIpc) is 2.63. The number of carbonyl (C=O) groups excluding carboxylic acids is 2. The van der Waals surface area contributed by atoms with Crippen LogP contribution in [0.4, 0.5) is 0 Å². The van der Waals surface area contributed by atoms with Crippen molar-refractivity contribution in [3.05, 3.63) is 88.2 Å². The lowest BCUT2D eigenvalue weighted by atomic mass is 9.81. The van der Waals surface area contributed by atoms with Gasteiger partial charge in [0.1, 0.15) is 11.5 Å². The number of carbonyl (C=O) groups is 2. The van der Waals surface area contributed by atoms with Gasteiger partial charge in [-0.15, -0.1) is 0 Å². The van der Waals surface area contributed by atoms with Crippen molar-refractivity contribution in [2.45, 2.75) is 6.42 Å². The summed E-state index contributed by atoms with van der Waals surface area (Å²) in [5, 5.41) is 21.0. The third-order valence-corrected chi connectivity index (χ3v) is 4.33. The molecule has 0 saturated carbocycles. The summed E-state index contributed by atoms with van der Waals surface area (Å²) in [4.78, 5) is 29.6. The lowest BCUT2D eigenvalue weighted by molar-refractivity contribution is 0.0974. The summed E-state index contributed by atoms with van der Waals surface area (Å²) in [6.07, 6.45) is 1.85. The molecule has 1 heterocycles. The van der Waals surface area contributed by atoms with Gasteiger partial charge >= 0.3 is 0 Å². The Balaban J connectivity index is 1.90. The Labute approximate surface area is 143 Å². The van der Waals surface area contributed by atoms with E-state index in [0.29, 0.717) is 11.3 Å². The lowest BCUT2D eigenvalue weighted by Gasteiger charge is -2.21. The second kappa shape index (κ2) is 5.56. The van der Waals surface area contributed by atoms with Crippen LogP contribution in [0.2, 0.25) is 0 Å². The maximum absolute atomic E-state index is 12.8. The van der Waals surface area contributed by atoms with Gasteiger partial charge < -0.3 is 10.2 Å². The van der Waals surface area contributed by atoms with E-state index < -0.39 is 11.6 Å². The van der Waals surface area contributed by atoms with Crippen LogP contribution >= 0.6 is 0 Å². The van der Waals surface area contributed by atoms with Gasteiger partial charge in [0, 0.05) is 35.0 Å². The topological polar surface area (TPSA) is 87.5 Å². The molecule has 0 radical (unpaired) electrons. The number of fused-ring (bicyclic) bond motifs is 2. The van der Waals surface area contributed by atoms with Crippen molar-refractivity contribution in [1.82, 2.24) is 4.98 Å². The molecule has 5 heteroatoms. The van der Waals surface area contributed by atoms with Crippen molar-refractivity contribution in [2.24, 2.45) is 0 Å². The van der Waals surface area contributed by atoms with E-state index in [1.165, 1.54) is 12.1 Å². The minimum atomic E-state index is -0.471. The predicted octanol–water partition coefficient (Wildman–Crippen LogP) is 2.86. The van der Waals surface area contributed by atoms with Crippen LogP contribution in [0.1, 0.15) is 43.1 Å². The summed E-state index contributed by atoms with van der Waals surface area (Å²) in [6, 6.07) is 13.1. The standard InChI is InChI=1S/C20H13NO4/c22-15-10-11(9-12-5-3-4-8-21-12)18(23)17-16(15)19(24)13-6-1-2-7-14(13)20(17)25/h1-8,10,22-23H,9H2. The third-order valence-electron chi connectivity index (χ3n) is 4.33. The van der Waals surface area contributed by atoms with Gasteiger partial charge in [0.2, 0.25) is 0 Å². The van der Waals surface area contributed by atoms with E-state index in [2.05, 4.69) is 4.98 Å². The van der Waals surface area contributed by atoms with Crippen molar-refractivity contribution in [3.8, 4) is 11.5 Å². The van der Waals surface area contributed by atoms with Crippen molar-refractivity contribution in [1.29, 1.82) is 0 Å². The molecule has 2 N–H and O–H groups in total. The van der Waals surface area contributed by atoms with Crippen LogP contribution in [0.3, 0.4) is 0 Å². The fourth-order valence-electron chi connectivity index (χ4n) is 3.14. The van der Waals surface area contributed by atoms with Crippen LogP contribution < -0.4 is 0 Å². The first-order valence-electron chi connectivity index (χ1n) is 7.74. The van der Waals surface area contributed by atoms with Crippen LogP contribution in [0, 0.1) is 0 Å². The number of phenolic OH excluding ortho intramolecular Hbond substituents is 2. The Bertz CT molecular complexity index is 1030. The monoisotopic (exact) mass is 331 g/mol. The Morgan fingerprint density at radius 3 is 2.12 bits per heavy atom. The Morgan fingerprint density at radius 2 is 1.48 bits per heavy atom.